The molecule has 6 atom stereocenters. The van der Waals surface area contributed by atoms with Crippen molar-refractivity contribution in [3.05, 3.63) is 12.2 Å². The standard InChI is InChI=1S/C19H34O/c1-13(2)14(3)8-9-15(4)16-10-11-17-18(20)7-6-12-19(16,17)5/h8-9,13-18,20H,6-7,10-12H2,1-5H3/t14-,15+,16+,17-,18?,19+/m0/s1. The van der Waals surface area contributed by atoms with E-state index in [0.717, 1.165) is 18.3 Å². The molecule has 1 nitrogen and oxygen atoms in total. The maximum absolute atomic E-state index is 10.3. The van der Waals surface area contributed by atoms with E-state index < -0.39 is 0 Å². The minimum absolute atomic E-state index is 0.0375. The zero-order valence-corrected chi connectivity index (χ0v) is 14.1. The summed E-state index contributed by atoms with van der Waals surface area (Å²) in [5.41, 5.74) is 0.377. The van der Waals surface area contributed by atoms with Crippen LogP contribution in [0, 0.1) is 35.0 Å². The molecule has 1 heteroatoms. The molecule has 0 heterocycles. The molecule has 0 aliphatic heterocycles. The Morgan fingerprint density at radius 2 is 1.75 bits per heavy atom. The quantitative estimate of drug-likeness (QED) is 0.714. The van der Waals surface area contributed by atoms with Crippen molar-refractivity contribution in [1.29, 1.82) is 0 Å². The van der Waals surface area contributed by atoms with Crippen molar-refractivity contribution < 1.29 is 5.11 Å². The lowest BCUT2D eigenvalue weighted by Crippen LogP contribution is -2.41. The summed E-state index contributed by atoms with van der Waals surface area (Å²) < 4.78 is 0. The first-order chi connectivity index (χ1) is 9.36. The van der Waals surface area contributed by atoms with Gasteiger partial charge in [0.1, 0.15) is 0 Å². The van der Waals surface area contributed by atoms with Gasteiger partial charge in [-0.25, -0.2) is 0 Å². The van der Waals surface area contributed by atoms with Crippen LogP contribution in [-0.2, 0) is 0 Å². The van der Waals surface area contributed by atoms with Crippen LogP contribution in [0.3, 0.4) is 0 Å². The molecule has 1 N–H and O–H groups in total. The molecule has 0 saturated heterocycles. The van der Waals surface area contributed by atoms with E-state index in [1.807, 2.05) is 0 Å². The highest BCUT2D eigenvalue weighted by atomic mass is 16.3. The predicted molar refractivity (Wildman–Crippen MR) is 86.5 cm³/mol. The Kier molecular flexibility index (Phi) is 5.00. The second kappa shape index (κ2) is 6.22. The topological polar surface area (TPSA) is 20.2 Å². The summed E-state index contributed by atoms with van der Waals surface area (Å²) in [5, 5.41) is 10.3. The summed E-state index contributed by atoms with van der Waals surface area (Å²) in [6.07, 6.45) is 10.9. The molecule has 0 aromatic carbocycles. The van der Waals surface area contributed by atoms with Crippen molar-refractivity contribution >= 4 is 0 Å². The minimum atomic E-state index is -0.0375. The Balaban J connectivity index is 2.05. The zero-order chi connectivity index (χ0) is 14.9. The van der Waals surface area contributed by atoms with Crippen molar-refractivity contribution in [3.8, 4) is 0 Å². The van der Waals surface area contributed by atoms with Crippen LogP contribution >= 0.6 is 0 Å². The van der Waals surface area contributed by atoms with Crippen molar-refractivity contribution in [2.45, 2.75) is 72.8 Å². The van der Waals surface area contributed by atoms with Gasteiger partial charge in [0.2, 0.25) is 0 Å². The van der Waals surface area contributed by atoms with E-state index in [1.54, 1.807) is 0 Å². The van der Waals surface area contributed by atoms with Gasteiger partial charge in [-0.3, -0.25) is 0 Å². The molecule has 0 radical (unpaired) electrons. The first kappa shape index (κ1) is 16.1. The van der Waals surface area contributed by atoms with Gasteiger partial charge in [0, 0.05) is 0 Å². The maximum atomic E-state index is 10.3. The molecule has 2 aliphatic rings. The molecule has 0 spiro atoms. The molecule has 0 aromatic rings. The summed E-state index contributed by atoms with van der Waals surface area (Å²) in [5.74, 6) is 3.36. The second-order valence-electron chi connectivity index (χ2n) is 8.10. The number of hydrogen-bond acceptors (Lipinski definition) is 1. The van der Waals surface area contributed by atoms with Gasteiger partial charge in [-0.2, -0.15) is 0 Å². The third kappa shape index (κ3) is 2.98. The Morgan fingerprint density at radius 3 is 2.40 bits per heavy atom. The summed E-state index contributed by atoms with van der Waals surface area (Å²) in [6.45, 7) is 11.8. The monoisotopic (exact) mass is 278 g/mol. The first-order valence-electron chi connectivity index (χ1n) is 8.72. The summed E-state index contributed by atoms with van der Waals surface area (Å²) in [6, 6.07) is 0. The summed E-state index contributed by atoms with van der Waals surface area (Å²) in [7, 11) is 0. The molecular weight excluding hydrogens is 244 g/mol. The van der Waals surface area contributed by atoms with Gasteiger partial charge in [-0.15, -0.1) is 0 Å². The SMILES string of the molecule is CC(C)[C@@H](C)C=C[C@@H](C)[C@H]1CC[C@H]2C(O)CCC[C@]12C. The molecule has 2 aliphatic carbocycles. The van der Waals surface area contributed by atoms with Crippen LogP contribution in [0.25, 0.3) is 0 Å². The molecule has 0 aromatic heterocycles. The first-order valence-corrected chi connectivity index (χ1v) is 8.72. The highest BCUT2D eigenvalue weighted by Gasteiger charge is 2.51. The molecule has 116 valence electrons. The largest absolute Gasteiger partial charge is 0.393 e. The lowest BCUT2D eigenvalue weighted by Gasteiger charge is -2.44. The van der Waals surface area contributed by atoms with Crippen LogP contribution in [0.5, 0.6) is 0 Å². The van der Waals surface area contributed by atoms with Crippen LogP contribution in [0.2, 0.25) is 0 Å². The van der Waals surface area contributed by atoms with Crippen LogP contribution in [0.4, 0.5) is 0 Å². The van der Waals surface area contributed by atoms with E-state index in [1.165, 1.54) is 25.7 Å². The lowest BCUT2D eigenvalue weighted by molar-refractivity contribution is -0.0231. The molecular formula is C19H34O. The van der Waals surface area contributed by atoms with Gasteiger partial charge >= 0.3 is 0 Å². The third-order valence-corrected chi connectivity index (χ3v) is 6.57. The number of hydrogen-bond donors (Lipinski definition) is 1. The van der Waals surface area contributed by atoms with Gasteiger partial charge in [0.25, 0.3) is 0 Å². The van der Waals surface area contributed by atoms with E-state index in [-0.39, 0.29) is 6.10 Å². The molecule has 0 amide bonds. The number of allylic oxidation sites excluding steroid dienone is 2. The summed E-state index contributed by atoms with van der Waals surface area (Å²) >= 11 is 0. The van der Waals surface area contributed by atoms with Crippen molar-refractivity contribution in [3.63, 3.8) is 0 Å². The average molecular weight is 278 g/mol. The number of fused-ring (bicyclic) bond motifs is 1. The minimum Gasteiger partial charge on any atom is -0.393 e. The van der Waals surface area contributed by atoms with E-state index in [2.05, 4.69) is 46.8 Å². The maximum Gasteiger partial charge on any atom is 0.0573 e. The van der Waals surface area contributed by atoms with E-state index in [4.69, 9.17) is 0 Å². The number of aliphatic hydroxyl groups is 1. The Hall–Kier alpha value is -0.300. The van der Waals surface area contributed by atoms with Gasteiger partial charge in [-0.1, -0.05) is 53.2 Å². The lowest BCUT2D eigenvalue weighted by atomic mass is 9.62. The number of aliphatic hydroxyl groups excluding tert-OH is 1. The Morgan fingerprint density at radius 1 is 1.05 bits per heavy atom. The smallest absolute Gasteiger partial charge is 0.0573 e. The van der Waals surface area contributed by atoms with Gasteiger partial charge < -0.3 is 5.11 Å². The molecule has 1 unspecified atom stereocenters. The predicted octanol–water partition coefficient (Wildman–Crippen LogP) is 5.05. The van der Waals surface area contributed by atoms with Gasteiger partial charge in [0.15, 0.2) is 0 Å². The molecule has 20 heavy (non-hydrogen) atoms. The normalized spacial score (nSPS) is 41.0. The molecule has 2 saturated carbocycles. The highest BCUT2D eigenvalue weighted by molar-refractivity contribution is 5.05. The van der Waals surface area contributed by atoms with Crippen molar-refractivity contribution in [1.82, 2.24) is 0 Å². The fraction of sp³-hybridized carbons (Fsp3) is 0.895. The number of rotatable bonds is 4. The van der Waals surface area contributed by atoms with E-state index >= 15 is 0 Å². The van der Waals surface area contributed by atoms with E-state index in [9.17, 15) is 5.11 Å². The molecule has 2 rings (SSSR count). The third-order valence-electron chi connectivity index (χ3n) is 6.57. The van der Waals surface area contributed by atoms with Crippen LogP contribution in [-0.4, -0.2) is 11.2 Å². The second-order valence-corrected chi connectivity index (χ2v) is 8.10. The van der Waals surface area contributed by atoms with Gasteiger partial charge in [-0.05, 0) is 60.7 Å². The molecule has 0 bridgehead atoms. The van der Waals surface area contributed by atoms with Crippen LogP contribution < -0.4 is 0 Å². The molecule has 2 fully saturated rings. The van der Waals surface area contributed by atoms with Crippen molar-refractivity contribution in [2.24, 2.45) is 35.0 Å². The Labute approximate surface area is 125 Å². The fourth-order valence-electron chi connectivity index (χ4n) is 4.76. The van der Waals surface area contributed by atoms with Gasteiger partial charge in [0.05, 0.1) is 6.10 Å². The Bertz CT molecular complexity index is 346. The average Bonchev–Trinajstić information content (AvgIpc) is 2.74. The van der Waals surface area contributed by atoms with Crippen molar-refractivity contribution in [2.75, 3.05) is 0 Å². The summed E-state index contributed by atoms with van der Waals surface area (Å²) in [4.78, 5) is 0. The fourth-order valence-corrected chi connectivity index (χ4v) is 4.76. The van der Waals surface area contributed by atoms with E-state index in [0.29, 0.717) is 23.2 Å². The van der Waals surface area contributed by atoms with Crippen LogP contribution in [0.1, 0.15) is 66.7 Å². The van der Waals surface area contributed by atoms with Crippen LogP contribution in [0.15, 0.2) is 12.2 Å². The zero-order valence-electron chi connectivity index (χ0n) is 14.1. The highest BCUT2D eigenvalue weighted by Crippen LogP contribution is 2.57.